The van der Waals surface area contributed by atoms with E-state index in [0.29, 0.717) is 13.1 Å². The fourth-order valence-electron chi connectivity index (χ4n) is 1.70. The topological polar surface area (TPSA) is 76.4 Å². The molecule has 1 rings (SSSR count). The number of rotatable bonds is 5. The van der Waals surface area contributed by atoms with Gasteiger partial charge in [0.2, 0.25) is 0 Å². The number of nitrogens with two attached hydrogens (primary N) is 1. The van der Waals surface area contributed by atoms with Gasteiger partial charge in [0.15, 0.2) is 0 Å². The molecule has 4 N–H and O–H groups in total. The van der Waals surface area contributed by atoms with Gasteiger partial charge in [-0.05, 0) is 46.2 Å². The molecule has 118 valence electrons. The smallest absolute Gasteiger partial charge is 0.407 e. The zero-order valence-electron chi connectivity index (χ0n) is 13.6. The summed E-state index contributed by atoms with van der Waals surface area (Å²) in [6.07, 6.45) is -0.406. The minimum absolute atomic E-state index is 0.265. The van der Waals surface area contributed by atoms with Gasteiger partial charge in [0.25, 0.3) is 0 Å². The lowest BCUT2D eigenvalue weighted by atomic mass is 10.0. The number of carbonyl (C=O) groups is 1. The van der Waals surface area contributed by atoms with Crippen molar-refractivity contribution in [2.24, 2.45) is 0 Å². The van der Waals surface area contributed by atoms with Crippen molar-refractivity contribution < 1.29 is 9.53 Å². The van der Waals surface area contributed by atoms with Crippen molar-refractivity contribution in [2.45, 2.75) is 52.3 Å². The van der Waals surface area contributed by atoms with Gasteiger partial charge in [-0.15, -0.1) is 0 Å². The number of nitrogen functional groups attached to an aromatic ring is 1. The summed E-state index contributed by atoms with van der Waals surface area (Å²) in [4.78, 5) is 11.7. The van der Waals surface area contributed by atoms with Gasteiger partial charge in [0.05, 0.1) is 0 Å². The number of alkyl carbamates (subject to hydrolysis) is 1. The Morgan fingerprint density at radius 3 is 2.38 bits per heavy atom. The number of anilines is 1. The highest BCUT2D eigenvalue weighted by molar-refractivity contribution is 5.67. The van der Waals surface area contributed by atoms with Crippen molar-refractivity contribution in [3.8, 4) is 0 Å². The maximum atomic E-state index is 11.7. The second kappa shape index (κ2) is 6.80. The molecule has 0 aromatic heterocycles. The largest absolute Gasteiger partial charge is 0.444 e. The van der Waals surface area contributed by atoms with E-state index in [1.54, 1.807) is 0 Å². The molecule has 1 aromatic carbocycles. The molecule has 0 saturated carbocycles. The molecule has 0 unspecified atom stereocenters. The van der Waals surface area contributed by atoms with Gasteiger partial charge >= 0.3 is 6.09 Å². The van der Waals surface area contributed by atoms with Crippen LogP contribution in [0.15, 0.2) is 24.3 Å². The third kappa shape index (κ3) is 6.99. The predicted octanol–water partition coefficient (Wildman–Crippen LogP) is 2.66. The second-order valence-electron chi connectivity index (χ2n) is 6.79. The Bertz CT molecular complexity index is 479. The average Bonchev–Trinajstić information content (AvgIpc) is 2.34. The van der Waals surface area contributed by atoms with Gasteiger partial charge in [-0.25, -0.2) is 4.79 Å². The van der Waals surface area contributed by atoms with E-state index >= 15 is 0 Å². The molecule has 0 atom stereocenters. The van der Waals surface area contributed by atoms with Crippen LogP contribution in [0.2, 0.25) is 0 Å². The molecule has 0 fully saturated rings. The number of ether oxygens (including phenoxy) is 1. The minimum atomic E-state index is -0.486. The molecule has 0 heterocycles. The Hall–Kier alpha value is -1.75. The monoisotopic (exact) mass is 293 g/mol. The number of hydrogen-bond acceptors (Lipinski definition) is 4. The first-order valence-electron chi connectivity index (χ1n) is 7.14. The fourth-order valence-corrected chi connectivity index (χ4v) is 1.70. The van der Waals surface area contributed by atoms with E-state index in [1.165, 1.54) is 0 Å². The maximum absolute atomic E-state index is 11.7. The molecule has 0 radical (unpaired) electrons. The van der Waals surface area contributed by atoms with E-state index < -0.39 is 11.7 Å². The van der Waals surface area contributed by atoms with Gasteiger partial charge in [-0.2, -0.15) is 0 Å². The highest BCUT2D eigenvalue weighted by atomic mass is 16.6. The first-order valence-corrected chi connectivity index (χ1v) is 7.14. The molecule has 21 heavy (non-hydrogen) atoms. The molecule has 0 aliphatic heterocycles. The number of benzene rings is 1. The van der Waals surface area contributed by atoms with Crippen LogP contribution in [-0.4, -0.2) is 23.8 Å². The average molecular weight is 293 g/mol. The third-order valence-corrected chi connectivity index (χ3v) is 2.89. The summed E-state index contributed by atoms with van der Waals surface area (Å²) in [7, 11) is 0. The number of para-hydroxylation sites is 1. The zero-order valence-corrected chi connectivity index (χ0v) is 13.6. The van der Waals surface area contributed by atoms with Crippen LogP contribution in [0.5, 0.6) is 0 Å². The molecule has 1 aromatic rings. The summed E-state index contributed by atoms with van der Waals surface area (Å²) < 4.78 is 5.22. The summed E-state index contributed by atoms with van der Waals surface area (Å²) in [6.45, 7) is 10.7. The van der Waals surface area contributed by atoms with E-state index in [4.69, 9.17) is 10.5 Å². The molecule has 0 aliphatic carbocycles. The van der Waals surface area contributed by atoms with Gasteiger partial charge in [-0.1, -0.05) is 18.2 Å². The summed E-state index contributed by atoms with van der Waals surface area (Å²) in [5.74, 6) is 0. The molecule has 0 aliphatic rings. The Balaban J connectivity index is 2.44. The van der Waals surface area contributed by atoms with Crippen LogP contribution >= 0.6 is 0 Å². The van der Waals surface area contributed by atoms with Crippen LogP contribution in [0.25, 0.3) is 0 Å². The van der Waals surface area contributed by atoms with E-state index in [0.717, 1.165) is 11.3 Å². The summed E-state index contributed by atoms with van der Waals surface area (Å²) in [5, 5.41) is 6.16. The Morgan fingerprint density at radius 1 is 1.19 bits per heavy atom. The Labute approximate surface area is 127 Å². The van der Waals surface area contributed by atoms with Gasteiger partial charge in [0.1, 0.15) is 5.60 Å². The highest BCUT2D eigenvalue weighted by Gasteiger charge is 2.21. The van der Waals surface area contributed by atoms with Crippen molar-refractivity contribution in [3.63, 3.8) is 0 Å². The summed E-state index contributed by atoms with van der Waals surface area (Å²) in [5.41, 5.74) is 6.97. The lowest BCUT2D eigenvalue weighted by Gasteiger charge is -2.28. The molecular weight excluding hydrogens is 266 g/mol. The van der Waals surface area contributed by atoms with E-state index in [9.17, 15) is 4.79 Å². The number of nitrogens with one attached hydrogen (secondary N) is 2. The Kier molecular flexibility index (Phi) is 5.61. The van der Waals surface area contributed by atoms with Crippen LogP contribution in [0.4, 0.5) is 10.5 Å². The third-order valence-electron chi connectivity index (χ3n) is 2.89. The second-order valence-corrected chi connectivity index (χ2v) is 6.79. The van der Waals surface area contributed by atoms with Crippen LogP contribution in [0, 0.1) is 0 Å². The van der Waals surface area contributed by atoms with Crippen LogP contribution in [-0.2, 0) is 11.3 Å². The SMILES string of the molecule is CC(C)(CNC(=O)OC(C)(C)C)NCc1ccccc1N. The molecule has 0 saturated heterocycles. The van der Waals surface area contributed by atoms with Crippen LogP contribution in [0.1, 0.15) is 40.2 Å². The molecule has 5 nitrogen and oxygen atoms in total. The fraction of sp³-hybridized carbons (Fsp3) is 0.562. The van der Waals surface area contributed by atoms with Crippen molar-refractivity contribution in [1.29, 1.82) is 0 Å². The lowest BCUT2D eigenvalue weighted by molar-refractivity contribution is 0.0513. The van der Waals surface area contributed by atoms with E-state index in [-0.39, 0.29) is 5.54 Å². The normalized spacial score (nSPS) is 12.0. The van der Waals surface area contributed by atoms with Crippen molar-refractivity contribution in [1.82, 2.24) is 10.6 Å². The van der Waals surface area contributed by atoms with Gasteiger partial charge in [-0.3, -0.25) is 0 Å². The minimum Gasteiger partial charge on any atom is -0.444 e. The number of hydrogen-bond donors (Lipinski definition) is 3. The van der Waals surface area contributed by atoms with Crippen LogP contribution < -0.4 is 16.4 Å². The van der Waals surface area contributed by atoms with Crippen LogP contribution in [0.3, 0.4) is 0 Å². The maximum Gasteiger partial charge on any atom is 0.407 e. The summed E-state index contributed by atoms with van der Waals surface area (Å²) in [6, 6.07) is 7.73. The molecule has 0 spiro atoms. The zero-order chi connectivity index (χ0) is 16.1. The van der Waals surface area contributed by atoms with E-state index in [1.807, 2.05) is 58.9 Å². The van der Waals surface area contributed by atoms with Gasteiger partial charge in [0, 0.05) is 24.3 Å². The first-order chi connectivity index (χ1) is 9.59. The van der Waals surface area contributed by atoms with Crippen molar-refractivity contribution in [3.05, 3.63) is 29.8 Å². The molecule has 5 heteroatoms. The number of amides is 1. The molecular formula is C16H27N3O2. The van der Waals surface area contributed by atoms with Crippen molar-refractivity contribution in [2.75, 3.05) is 12.3 Å². The molecule has 0 bridgehead atoms. The quantitative estimate of drug-likeness (QED) is 0.729. The van der Waals surface area contributed by atoms with Gasteiger partial charge < -0.3 is 21.1 Å². The predicted molar refractivity (Wildman–Crippen MR) is 86.0 cm³/mol. The standard InChI is InChI=1S/C16H27N3O2/c1-15(2,3)21-14(20)18-11-16(4,5)19-10-12-8-6-7-9-13(12)17/h6-9,19H,10-11,17H2,1-5H3,(H,18,20). The summed E-state index contributed by atoms with van der Waals surface area (Å²) >= 11 is 0. The molecule has 1 amide bonds. The highest BCUT2D eigenvalue weighted by Crippen LogP contribution is 2.12. The number of carbonyl (C=O) groups excluding carboxylic acids is 1. The van der Waals surface area contributed by atoms with E-state index in [2.05, 4.69) is 10.6 Å². The first kappa shape index (κ1) is 17.3. The van der Waals surface area contributed by atoms with Crippen molar-refractivity contribution >= 4 is 11.8 Å². The lowest BCUT2D eigenvalue weighted by Crippen LogP contribution is -2.49. The Morgan fingerprint density at radius 2 is 1.81 bits per heavy atom.